The van der Waals surface area contributed by atoms with Crippen molar-refractivity contribution in [3.63, 3.8) is 0 Å². The maximum Gasteiger partial charge on any atom is 0.416 e. The van der Waals surface area contributed by atoms with Crippen LogP contribution in [0.15, 0.2) is 53.5 Å². The van der Waals surface area contributed by atoms with Crippen LogP contribution in [0, 0.1) is 0 Å². The van der Waals surface area contributed by atoms with Crippen molar-refractivity contribution >= 4 is 16.9 Å². The molecule has 0 radical (unpaired) electrons. The van der Waals surface area contributed by atoms with Crippen LogP contribution in [0.25, 0.3) is 11.1 Å². The van der Waals surface area contributed by atoms with Gasteiger partial charge in [0.15, 0.2) is 5.17 Å². The first-order valence-corrected chi connectivity index (χ1v) is 9.86. The van der Waals surface area contributed by atoms with Gasteiger partial charge in [0.2, 0.25) is 0 Å². The molecule has 1 aliphatic carbocycles. The molecule has 27 heavy (non-hydrogen) atoms. The van der Waals surface area contributed by atoms with Crippen LogP contribution in [0.4, 0.5) is 13.2 Å². The molecule has 2 aliphatic rings. The zero-order chi connectivity index (χ0) is 19.0. The van der Waals surface area contributed by atoms with Gasteiger partial charge in [-0.1, -0.05) is 48.2 Å². The fourth-order valence-corrected chi connectivity index (χ4v) is 4.19. The Bertz CT molecular complexity index is 848. The zero-order valence-corrected chi connectivity index (χ0v) is 15.4. The molecule has 1 fully saturated rings. The summed E-state index contributed by atoms with van der Waals surface area (Å²) in [6.45, 7) is 0.831. The summed E-state index contributed by atoms with van der Waals surface area (Å²) in [5.74, 6) is 1.39. The molecule has 1 aliphatic heterocycles. The Balaban J connectivity index is 1.37. The highest BCUT2D eigenvalue weighted by atomic mass is 32.2. The van der Waals surface area contributed by atoms with Gasteiger partial charge in [-0.25, -0.2) is 0 Å². The van der Waals surface area contributed by atoms with Crippen LogP contribution in [0.2, 0.25) is 0 Å². The number of rotatable bonds is 5. The number of alkyl halides is 3. The molecule has 0 bridgehead atoms. The number of nitrogens with zero attached hydrogens (tertiary/aromatic N) is 1. The molecule has 3 nitrogen and oxygen atoms in total. The number of aliphatic imine (C=N–C) groups is 1. The van der Waals surface area contributed by atoms with E-state index < -0.39 is 11.7 Å². The minimum absolute atomic E-state index is 0.250. The topological polar surface area (TPSA) is 50.4 Å². The van der Waals surface area contributed by atoms with E-state index >= 15 is 0 Å². The van der Waals surface area contributed by atoms with Crippen molar-refractivity contribution < 1.29 is 13.2 Å². The number of amidine groups is 1. The van der Waals surface area contributed by atoms with Crippen LogP contribution >= 0.6 is 11.8 Å². The highest BCUT2D eigenvalue weighted by Crippen LogP contribution is 2.41. The van der Waals surface area contributed by atoms with Gasteiger partial charge in [0.05, 0.1) is 11.6 Å². The van der Waals surface area contributed by atoms with Crippen LogP contribution in [0.3, 0.4) is 0 Å². The summed E-state index contributed by atoms with van der Waals surface area (Å²) in [7, 11) is 0. The van der Waals surface area contributed by atoms with Gasteiger partial charge in [0.1, 0.15) is 0 Å². The number of halogens is 3. The minimum atomic E-state index is -4.32. The Morgan fingerprint density at radius 3 is 2.56 bits per heavy atom. The molecule has 0 saturated heterocycles. The van der Waals surface area contributed by atoms with E-state index in [4.69, 9.17) is 5.73 Å². The van der Waals surface area contributed by atoms with Crippen LogP contribution in [0.5, 0.6) is 0 Å². The summed E-state index contributed by atoms with van der Waals surface area (Å²) in [6, 6.07) is 14.0. The molecule has 1 saturated carbocycles. The molecule has 1 unspecified atom stereocenters. The molecule has 0 amide bonds. The summed E-state index contributed by atoms with van der Waals surface area (Å²) in [6.07, 6.45) is -3.25. The Labute approximate surface area is 160 Å². The number of benzene rings is 2. The lowest BCUT2D eigenvalue weighted by Gasteiger charge is -2.10. The Hall–Kier alpha value is -1.99. The van der Waals surface area contributed by atoms with Crippen molar-refractivity contribution in [3.8, 4) is 11.1 Å². The van der Waals surface area contributed by atoms with E-state index in [-0.39, 0.29) is 6.04 Å². The van der Waals surface area contributed by atoms with Crippen molar-refractivity contribution in [2.75, 3.05) is 12.3 Å². The fourth-order valence-electron chi connectivity index (χ4n) is 3.41. The highest BCUT2D eigenvalue weighted by molar-refractivity contribution is 8.14. The second-order valence-electron chi connectivity index (χ2n) is 6.99. The lowest BCUT2D eigenvalue weighted by molar-refractivity contribution is -0.137. The smallest absolute Gasteiger partial charge is 0.379 e. The zero-order valence-electron chi connectivity index (χ0n) is 14.5. The first-order valence-electron chi connectivity index (χ1n) is 8.87. The molecule has 0 aromatic heterocycles. The highest BCUT2D eigenvalue weighted by Gasteiger charge is 2.38. The summed E-state index contributed by atoms with van der Waals surface area (Å²) < 4.78 is 38.7. The van der Waals surface area contributed by atoms with Gasteiger partial charge in [-0.05, 0) is 35.2 Å². The predicted molar refractivity (Wildman–Crippen MR) is 104 cm³/mol. The SMILES string of the molecule is NC1=NC(CN[C@H]2C[C@@H]2c2ccc(-c3cccc(C(F)(F)F)c3)cc2)CS1. The molecular weight excluding hydrogens is 371 g/mol. The number of nitrogens with one attached hydrogen (secondary N) is 1. The molecule has 2 aromatic carbocycles. The number of hydrogen-bond donors (Lipinski definition) is 2. The van der Waals surface area contributed by atoms with Gasteiger partial charge in [-0.3, -0.25) is 4.99 Å². The molecule has 0 spiro atoms. The van der Waals surface area contributed by atoms with Crippen molar-refractivity contribution in [1.29, 1.82) is 0 Å². The Morgan fingerprint density at radius 1 is 1.11 bits per heavy atom. The van der Waals surface area contributed by atoms with Gasteiger partial charge >= 0.3 is 6.18 Å². The van der Waals surface area contributed by atoms with Gasteiger partial charge in [0.25, 0.3) is 0 Å². The average Bonchev–Trinajstić information content (AvgIpc) is 3.32. The summed E-state index contributed by atoms with van der Waals surface area (Å²) in [5.41, 5.74) is 7.65. The van der Waals surface area contributed by atoms with Crippen LogP contribution < -0.4 is 11.1 Å². The van der Waals surface area contributed by atoms with E-state index in [1.54, 1.807) is 17.8 Å². The lowest BCUT2D eigenvalue weighted by Crippen LogP contribution is -2.28. The molecule has 4 rings (SSSR count). The standard InChI is InChI=1S/C20H20F3N3S/c21-20(22,23)15-3-1-2-14(8-15)12-4-6-13(7-5-12)17-9-18(17)25-10-16-11-27-19(24)26-16/h1-8,16-18,25H,9-11H2,(H2,24,26)/t16?,17-,18+/m1/s1. The third-order valence-corrected chi connectivity index (χ3v) is 5.95. The van der Waals surface area contributed by atoms with E-state index in [0.717, 1.165) is 30.3 Å². The molecule has 1 heterocycles. The van der Waals surface area contributed by atoms with Gasteiger partial charge in [0, 0.05) is 24.3 Å². The maximum atomic E-state index is 12.9. The van der Waals surface area contributed by atoms with Crippen molar-refractivity contribution in [2.24, 2.45) is 10.7 Å². The second kappa shape index (κ2) is 7.20. The molecule has 2 aromatic rings. The molecular formula is C20H20F3N3S. The van der Waals surface area contributed by atoms with Gasteiger partial charge in [-0.15, -0.1) is 0 Å². The number of thioether (sulfide) groups is 1. The van der Waals surface area contributed by atoms with Gasteiger partial charge in [-0.2, -0.15) is 13.2 Å². The Morgan fingerprint density at radius 2 is 1.89 bits per heavy atom. The number of hydrogen-bond acceptors (Lipinski definition) is 4. The van der Waals surface area contributed by atoms with Crippen molar-refractivity contribution in [2.45, 2.75) is 30.6 Å². The molecule has 142 valence electrons. The van der Waals surface area contributed by atoms with E-state index in [1.165, 1.54) is 17.7 Å². The first-order chi connectivity index (χ1) is 12.9. The van der Waals surface area contributed by atoms with Crippen molar-refractivity contribution in [3.05, 3.63) is 59.7 Å². The summed E-state index contributed by atoms with van der Waals surface area (Å²) in [4.78, 5) is 4.37. The summed E-state index contributed by atoms with van der Waals surface area (Å²) >= 11 is 1.59. The summed E-state index contributed by atoms with van der Waals surface area (Å²) in [5, 5.41) is 4.20. The van der Waals surface area contributed by atoms with Crippen molar-refractivity contribution in [1.82, 2.24) is 5.32 Å². The van der Waals surface area contributed by atoms with Crippen LogP contribution in [0.1, 0.15) is 23.5 Å². The van der Waals surface area contributed by atoms with E-state index in [0.29, 0.717) is 22.7 Å². The molecule has 7 heteroatoms. The van der Waals surface area contributed by atoms with Gasteiger partial charge < -0.3 is 11.1 Å². The fraction of sp³-hybridized carbons (Fsp3) is 0.350. The second-order valence-corrected chi connectivity index (χ2v) is 8.03. The third kappa shape index (κ3) is 4.30. The van der Waals surface area contributed by atoms with Crippen LogP contribution in [-0.4, -0.2) is 29.5 Å². The van der Waals surface area contributed by atoms with E-state index in [2.05, 4.69) is 10.3 Å². The largest absolute Gasteiger partial charge is 0.416 e. The maximum absolute atomic E-state index is 12.9. The quantitative estimate of drug-likeness (QED) is 0.801. The molecule has 3 N–H and O–H groups in total. The van der Waals surface area contributed by atoms with Crippen LogP contribution in [-0.2, 0) is 6.18 Å². The third-order valence-electron chi connectivity index (χ3n) is 5.00. The number of nitrogens with two attached hydrogens (primary N) is 1. The average molecular weight is 391 g/mol. The predicted octanol–water partition coefficient (Wildman–Crippen LogP) is 4.25. The first kappa shape index (κ1) is 18.4. The lowest BCUT2D eigenvalue weighted by atomic mass is 10.0. The minimum Gasteiger partial charge on any atom is -0.379 e. The Kier molecular flexibility index (Phi) is 4.90. The molecule has 3 atom stereocenters. The van der Waals surface area contributed by atoms with E-state index in [9.17, 15) is 13.2 Å². The monoisotopic (exact) mass is 391 g/mol. The van der Waals surface area contributed by atoms with E-state index in [1.807, 2.05) is 24.3 Å². The normalized spacial score (nSPS) is 24.7.